The summed E-state index contributed by atoms with van der Waals surface area (Å²) in [6.45, 7) is 17.3. The van der Waals surface area contributed by atoms with Crippen molar-refractivity contribution in [3.63, 3.8) is 0 Å². The average molecular weight is 694 g/mol. The number of carbonyl (C=O) groups is 4. The highest BCUT2D eigenvalue weighted by Gasteiger charge is 2.54. The van der Waals surface area contributed by atoms with E-state index in [-0.39, 0.29) is 36.7 Å². The first-order valence-corrected chi connectivity index (χ1v) is 17.8. The van der Waals surface area contributed by atoms with Crippen molar-refractivity contribution in [2.24, 2.45) is 17.8 Å². The molecule has 0 saturated carbocycles. The standard InChI is InChI=1S/C40H59N3O7/c1-13-27(6)40(50-39(7,8)9,33(48-12)22-23-44)43(11)35(26(4)5)37(46)41-36(45)34(25(2)3)42(10)38(47)49-24-32-30-20-16-14-18-28(30)29-19-15-17-21-31(29)32/h14-21,23,25-27,32-35H,13,22,24H2,1-12H3,(H,41,45,46)/t27-,33+,34-,35-,40-/m0/s1. The molecule has 0 aliphatic heterocycles. The largest absolute Gasteiger partial charge is 0.448 e. The summed E-state index contributed by atoms with van der Waals surface area (Å²) in [5.41, 5.74) is 2.54. The van der Waals surface area contributed by atoms with Crippen LogP contribution >= 0.6 is 0 Å². The number of nitrogens with one attached hydrogen (secondary N) is 1. The van der Waals surface area contributed by atoms with E-state index in [4.69, 9.17) is 14.2 Å². The Morgan fingerprint density at radius 1 is 0.860 bits per heavy atom. The number of nitrogens with zero attached hydrogens (tertiary/aromatic N) is 2. The van der Waals surface area contributed by atoms with E-state index in [2.05, 4.69) is 17.4 Å². The number of hydrogen-bond donors (Lipinski definition) is 1. The maximum Gasteiger partial charge on any atom is 0.410 e. The number of methoxy groups -OCH3 is 1. The summed E-state index contributed by atoms with van der Waals surface area (Å²) in [4.78, 5) is 56.6. The van der Waals surface area contributed by atoms with Crippen LogP contribution in [0, 0.1) is 17.8 Å². The molecule has 1 aliphatic carbocycles. The van der Waals surface area contributed by atoms with Crippen LogP contribution in [-0.2, 0) is 28.6 Å². The Balaban J connectivity index is 1.86. The van der Waals surface area contributed by atoms with Gasteiger partial charge in [0.25, 0.3) is 0 Å². The fourth-order valence-electron chi connectivity index (χ4n) is 7.58. The molecule has 0 spiro atoms. The summed E-state index contributed by atoms with van der Waals surface area (Å²) in [6, 6.07) is 14.3. The molecule has 1 aliphatic rings. The van der Waals surface area contributed by atoms with Gasteiger partial charge in [0, 0.05) is 32.4 Å². The zero-order chi connectivity index (χ0) is 37.6. The van der Waals surface area contributed by atoms with Crippen molar-refractivity contribution in [3.05, 3.63) is 59.7 Å². The molecule has 0 aromatic heterocycles. The van der Waals surface area contributed by atoms with Crippen LogP contribution < -0.4 is 5.32 Å². The highest BCUT2D eigenvalue weighted by Crippen LogP contribution is 2.45. The van der Waals surface area contributed by atoms with Gasteiger partial charge in [-0.25, -0.2) is 4.79 Å². The lowest BCUT2D eigenvalue weighted by Crippen LogP contribution is -2.69. The monoisotopic (exact) mass is 693 g/mol. The molecule has 3 amide bonds. The molecule has 0 heterocycles. The smallest absolute Gasteiger partial charge is 0.410 e. The van der Waals surface area contributed by atoms with Gasteiger partial charge in [-0.3, -0.25) is 24.7 Å². The predicted molar refractivity (Wildman–Crippen MR) is 195 cm³/mol. The highest BCUT2D eigenvalue weighted by atomic mass is 16.6. The lowest BCUT2D eigenvalue weighted by Gasteiger charge is -2.54. The van der Waals surface area contributed by atoms with Gasteiger partial charge in [-0.05, 0) is 68.3 Å². The van der Waals surface area contributed by atoms with E-state index in [1.807, 2.05) is 104 Å². The lowest BCUT2D eigenvalue weighted by molar-refractivity contribution is -0.288. The SMILES string of the molecule is CC[C@H](C)[C@](OC(C)(C)C)([C@@H](CC=O)OC)N(C)[C@H](C(=O)NC(=O)[C@H](C(C)C)N(C)C(=O)OCC1c2ccccc2-c2ccccc21)C(C)C. The number of amides is 3. The van der Waals surface area contributed by atoms with Gasteiger partial charge in [0.2, 0.25) is 11.8 Å². The van der Waals surface area contributed by atoms with Crippen molar-refractivity contribution in [1.29, 1.82) is 0 Å². The maximum atomic E-state index is 14.2. The van der Waals surface area contributed by atoms with E-state index in [1.54, 1.807) is 7.05 Å². The van der Waals surface area contributed by atoms with Gasteiger partial charge >= 0.3 is 6.09 Å². The topological polar surface area (TPSA) is 114 Å². The number of aldehydes is 1. The van der Waals surface area contributed by atoms with E-state index in [9.17, 15) is 19.2 Å². The Bertz CT molecular complexity index is 1440. The van der Waals surface area contributed by atoms with Crippen LogP contribution in [0.15, 0.2) is 48.5 Å². The van der Waals surface area contributed by atoms with E-state index >= 15 is 0 Å². The third-order valence-electron chi connectivity index (χ3n) is 9.90. The molecular weight excluding hydrogens is 634 g/mol. The Morgan fingerprint density at radius 2 is 1.36 bits per heavy atom. The third kappa shape index (κ3) is 8.64. The number of fused-ring (bicyclic) bond motifs is 3. The Morgan fingerprint density at radius 3 is 1.80 bits per heavy atom. The minimum Gasteiger partial charge on any atom is -0.448 e. The number of likely N-dealkylation sites (N-methyl/N-ethyl adjacent to an activating group) is 2. The molecule has 50 heavy (non-hydrogen) atoms. The van der Waals surface area contributed by atoms with Gasteiger partial charge in [-0.15, -0.1) is 0 Å². The van der Waals surface area contributed by atoms with Gasteiger partial charge in [0.1, 0.15) is 25.0 Å². The number of benzene rings is 2. The van der Waals surface area contributed by atoms with E-state index in [1.165, 1.54) is 19.1 Å². The molecule has 2 aromatic carbocycles. The summed E-state index contributed by atoms with van der Waals surface area (Å²) in [6.07, 6.45) is 0.160. The van der Waals surface area contributed by atoms with Crippen LogP contribution in [0.3, 0.4) is 0 Å². The Hall–Kier alpha value is -3.60. The molecule has 0 radical (unpaired) electrons. The van der Waals surface area contributed by atoms with E-state index < -0.39 is 47.4 Å². The molecule has 3 rings (SSSR count). The van der Waals surface area contributed by atoms with Crippen molar-refractivity contribution in [1.82, 2.24) is 15.1 Å². The van der Waals surface area contributed by atoms with Crippen LogP contribution in [0.25, 0.3) is 11.1 Å². The number of ether oxygens (including phenoxy) is 3. The minimum atomic E-state index is -1.20. The lowest BCUT2D eigenvalue weighted by atomic mass is 9.83. The number of imide groups is 1. The summed E-state index contributed by atoms with van der Waals surface area (Å²) in [7, 11) is 4.84. The number of carbonyl (C=O) groups excluding carboxylic acids is 4. The molecule has 0 bridgehead atoms. The second-order valence-electron chi connectivity index (χ2n) is 15.2. The second-order valence-corrected chi connectivity index (χ2v) is 15.2. The molecule has 10 heteroatoms. The van der Waals surface area contributed by atoms with Gasteiger partial charge in [0.05, 0.1) is 11.6 Å². The summed E-state index contributed by atoms with van der Waals surface area (Å²) in [5, 5.41) is 2.63. The molecule has 276 valence electrons. The van der Waals surface area contributed by atoms with Gasteiger partial charge < -0.3 is 19.0 Å². The fourth-order valence-corrected chi connectivity index (χ4v) is 7.58. The third-order valence-corrected chi connectivity index (χ3v) is 9.90. The predicted octanol–water partition coefficient (Wildman–Crippen LogP) is 6.65. The quantitative estimate of drug-likeness (QED) is 0.154. The first-order valence-electron chi connectivity index (χ1n) is 17.8. The first-order chi connectivity index (χ1) is 23.5. The van der Waals surface area contributed by atoms with Crippen molar-refractivity contribution in [2.45, 2.75) is 111 Å². The average Bonchev–Trinajstić information content (AvgIpc) is 3.37. The van der Waals surface area contributed by atoms with Gasteiger partial charge in [-0.1, -0.05) is 90.1 Å². The Labute approximate surface area is 299 Å². The maximum absolute atomic E-state index is 14.2. The van der Waals surface area contributed by atoms with Crippen molar-refractivity contribution < 1.29 is 33.4 Å². The van der Waals surface area contributed by atoms with Crippen molar-refractivity contribution >= 4 is 24.2 Å². The van der Waals surface area contributed by atoms with Crippen LogP contribution in [0.1, 0.15) is 92.2 Å². The normalized spacial score (nSPS) is 16.6. The minimum absolute atomic E-state index is 0.0486. The van der Waals surface area contributed by atoms with Crippen LogP contribution in [0.2, 0.25) is 0 Å². The van der Waals surface area contributed by atoms with Crippen LogP contribution in [0.4, 0.5) is 4.79 Å². The fraction of sp³-hybridized carbons (Fsp3) is 0.600. The molecular formula is C40H59N3O7. The first kappa shape index (κ1) is 40.8. The van der Waals surface area contributed by atoms with Crippen molar-refractivity contribution in [3.8, 4) is 11.1 Å². The highest BCUT2D eigenvalue weighted by molar-refractivity contribution is 6.01. The molecule has 5 atom stereocenters. The van der Waals surface area contributed by atoms with E-state index in [0.29, 0.717) is 6.42 Å². The molecule has 0 unspecified atom stereocenters. The Kier molecular flexibility index (Phi) is 13.9. The summed E-state index contributed by atoms with van der Waals surface area (Å²) in [5.74, 6) is -2.06. The molecule has 2 aromatic rings. The zero-order valence-corrected chi connectivity index (χ0v) is 32.1. The van der Waals surface area contributed by atoms with Gasteiger partial charge in [-0.2, -0.15) is 0 Å². The number of rotatable bonds is 16. The van der Waals surface area contributed by atoms with Gasteiger partial charge in [0.15, 0.2) is 5.72 Å². The van der Waals surface area contributed by atoms with Crippen LogP contribution in [0.5, 0.6) is 0 Å². The molecule has 0 fully saturated rings. The summed E-state index contributed by atoms with van der Waals surface area (Å²) >= 11 is 0. The number of hydrogen-bond acceptors (Lipinski definition) is 8. The van der Waals surface area contributed by atoms with Crippen molar-refractivity contribution in [2.75, 3.05) is 27.8 Å². The van der Waals surface area contributed by atoms with E-state index in [0.717, 1.165) is 28.5 Å². The zero-order valence-electron chi connectivity index (χ0n) is 32.1. The second kappa shape index (κ2) is 17.1. The molecule has 0 saturated heterocycles. The summed E-state index contributed by atoms with van der Waals surface area (Å²) < 4.78 is 18.6. The molecule has 10 nitrogen and oxygen atoms in total. The van der Waals surface area contributed by atoms with Crippen LogP contribution in [-0.4, -0.2) is 91.3 Å². The molecule has 1 N–H and O–H groups in total.